The van der Waals surface area contributed by atoms with Gasteiger partial charge in [-0.2, -0.15) is 15.0 Å². The van der Waals surface area contributed by atoms with E-state index >= 15 is 0 Å². The Morgan fingerprint density at radius 2 is 1.79 bits per heavy atom. The Kier molecular flexibility index (Phi) is 6.88. The number of aromatic nitrogens is 3. The van der Waals surface area contributed by atoms with Crippen LogP contribution in [0, 0.1) is 0 Å². The number of hydrogen-bond donors (Lipinski definition) is 2. The molecule has 0 spiro atoms. The summed E-state index contributed by atoms with van der Waals surface area (Å²) in [5.41, 5.74) is 0. The lowest BCUT2D eigenvalue weighted by molar-refractivity contribution is 0.0854. The van der Waals surface area contributed by atoms with Gasteiger partial charge in [0, 0.05) is 19.7 Å². The number of anilines is 2. The molecule has 0 bridgehead atoms. The van der Waals surface area contributed by atoms with Crippen molar-refractivity contribution >= 4 is 11.9 Å². The number of nitrogens with one attached hydrogen (secondary N) is 2. The molecule has 7 heteroatoms. The smallest absolute Gasteiger partial charge is 0.322 e. The first-order valence-corrected chi connectivity index (χ1v) is 6.59. The number of methoxy groups -OCH3 is 1. The van der Waals surface area contributed by atoms with E-state index < -0.39 is 0 Å². The summed E-state index contributed by atoms with van der Waals surface area (Å²) >= 11 is 0. The quantitative estimate of drug-likeness (QED) is 0.703. The number of ether oxygens (including phenoxy) is 2. The van der Waals surface area contributed by atoms with Crippen molar-refractivity contribution in [1.82, 2.24) is 15.0 Å². The van der Waals surface area contributed by atoms with Gasteiger partial charge in [-0.3, -0.25) is 0 Å². The van der Waals surface area contributed by atoms with E-state index in [0.29, 0.717) is 31.1 Å². The zero-order chi connectivity index (χ0) is 14.1. The van der Waals surface area contributed by atoms with Gasteiger partial charge in [-0.1, -0.05) is 6.92 Å². The van der Waals surface area contributed by atoms with Gasteiger partial charge in [0.25, 0.3) is 0 Å². The van der Waals surface area contributed by atoms with Gasteiger partial charge in [0.2, 0.25) is 11.9 Å². The minimum atomic E-state index is 0.0970. The third-order valence-electron chi connectivity index (χ3n) is 2.33. The highest BCUT2D eigenvalue weighted by molar-refractivity contribution is 5.35. The van der Waals surface area contributed by atoms with Crippen LogP contribution in [0.4, 0.5) is 11.9 Å². The number of hydrogen-bond acceptors (Lipinski definition) is 7. The molecule has 1 rings (SSSR count). The van der Waals surface area contributed by atoms with E-state index in [1.807, 2.05) is 13.8 Å². The average Bonchev–Trinajstić information content (AvgIpc) is 2.43. The third kappa shape index (κ3) is 5.69. The van der Waals surface area contributed by atoms with Crippen LogP contribution in [0.5, 0.6) is 6.01 Å². The van der Waals surface area contributed by atoms with Gasteiger partial charge in [0.15, 0.2) is 0 Å². The van der Waals surface area contributed by atoms with E-state index in [9.17, 15) is 0 Å². The Morgan fingerprint density at radius 3 is 2.37 bits per heavy atom. The van der Waals surface area contributed by atoms with Crippen molar-refractivity contribution in [2.24, 2.45) is 0 Å². The van der Waals surface area contributed by atoms with Crippen LogP contribution in [-0.2, 0) is 4.74 Å². The highest BCUT2D eigenvalue weighted by Crippen LogP contribution is 2.10. The molecule has 1 atom stereocenters. The molecule has 19 heavy (non-hydrogen) atoms. The Balaban J connectivity index is 2.65. The fraction of sp³-hybridized carbons (Fsp3) is 0.750. The van der Waals surface area contributed by atoms with Crippen molar-refractivity contribution in [2.75, 3.05) is 37.4 Å². The van der Waals surface area contributed by atoms with E-state index in [2.05, 4.69) is 32.5 Å². The van der Waals surface area contributed by atoms with E-state index in [4.69, 9.17) is 9.47 Å². The normalized spacial score (nSPS) is 12.0. The Morgan fingerprint density at radius 1 is 1.11 bits per heavy atom. The van der Waals surface area contributed by atoms with E-state index in [0.717, 1.165) is 13.0 Å². The van der Waals surface area contributed by atoms with Crippen LogP contribution in [-0.4, -0.2) is 47.9 Å². The third-order valence-corrected chi connectivity index (χ3v) is 2.33. The van der Waals surface area contributed by atoms with E-state index in [1.54, 1.807) is 0 Å². The van der Waals surface area contributed by atoms with Crippen molar-refractivity contribution in [2.45, 2.75) is 33.3 Å². The van der Waals surface area contributed by atoms with Crippen LogP contribution in [0.15, 0.2) is 0 Å². The first kappa shape index (κ1) is 15.4. The molecule has 1 heterocycles. The molecule has 0 fully saturated rings. The zero-order valence-corrected chi connectivity index (χ0v) is 12.1. The minimum Gasteiger partial charge on any atom is -0.467 e. The summed E-state index contributed by atoms with van der Waals surface area (Å²) in [6.07, 6.45) is 1.10. The second kappa shape index (κ2) is 8.47. The average molecular weight is 269 g/mol. The molecule has 0 saturated carbocycles. The van der Waals surface area contributed by atoms with E-state index in [1.165, 1.54) is 7.11 Å². The van der Waals surface area contributed by atoms with Gasteiger partial charge >= 0.3 is 6.01 Å². The molecule has 0 aliphatic carbocycles. The highest BCUT2D eigenvalue weighted by Gasteiger charge is 2.07. The van der Waals surface area contributed by atoms with Crippen LogP contribution in [0.1, 0.15) is 27.2 Å². The van der Waals surface area contributed by atoms with Crippen LogP contribution >= 0.6 is 0 Å². The summed E-state index contributed by atoms with van der Waals surface area (Å²) in [6, 6.07) is 0.292. The van der Waals surface area contributed by atoms with Crippen molar-refractivity contribution in [3.63, 3.8) is 0 Å². The monoisotopic (exact) mass is 269 g/mol. The molecule has 1 aromatic heterocycles. The van der Waals surface area contributed by atoms with Crippen molar-refractivity contribution in [1.29, 1.82) is 0 Å². The Bertz CT molecular complexity index is 375. The van der Waals surface area contributed by atoms with Crippen molar-refractivity contribution in [3.05, 3.63) is 0 Å². The molecule has 0 radical (unpaired) electrons. The van der Waals surface area contributed by atoms with E-state index in [-0.39, 0.29) is 6.10 Å². The fourth-order valence-electron chi connectivity index (χ4n) is 1.42. The van der Waals surface area contributed by atoms with Gasteiger partial charge in [-0.05, 0) is 20.3 Å². The van der Waals surface area contributed by atoms with Crippen LogP contribution in [0.2, 0.25) is 0 Å². The van der Waals surface area contributed by atoms with Crippen molar-refractivity contribution in [3.8, 4) is 6.01 Å². The molecular formula is C12H23N5O2. The first-order valence-electron chi connectivity index (χ1n) is 6.59. The van der Waals surface area contributed by atoms with Gasteiger partial charge in [0.1, 0.15) is 0 Å². The molecular weight excluding hydrogens is 246 g/mol. The van der Waals surface area contributed by atoms with Gasteiger partial charge in [0.05, 0.1) is 13.2 Å². The number of rotatable bonds is 9. The maximum Gasteiger partial charge on any atom is 0.322 e. The summed E-state index contributed by atoms with van der Waals surface area (Å²) < 4.78 is 10.5. The molecule has 2 N–H and O–H groups in total. The van der Waals surface area contributed by atoms with Crippen LogP contribution < -0.4 is 15.4 Å². The predicted molar refractivity (Wildman–Crippen MR) is 74.7 cm³/mol. The lowest BCUT2D eigenvalue weighted by Crippen LogP contribution is -2.21. The summed E-state index contributed by atoms with van der Waals surface area (Å²) in [6.45, 7) is 8.16. The summed E-state index contributed by atoms with van der Waals surface area (Å²) in [5, 5.41) is 6.22. The fourth-order valence-corrected chi connectivity index (χ4v) is 1.42. The topological polar surface area (TPSA) is 81.2 Å². The molecule has 0 aromatic carbocycles. The molecule has 1 aromatic rings. The summed E-state index contributed by atoms with van der Waals surface area (Å²) in [7, 11) is 1.53. The molecule has 1 unspecified atom stereocenters. The van der Waals surface area contributed by atoms with Gasteiger partial charge in [-0.25, -0.2) is 0 Å². The molecule has 0 aliphatic rings. The molecule has 7 nitrogen and oxygen atoms in total. The Labute approximate surface area is 114 Å². The first-order chi connectivity index (χ1) is 9.19. The number of nitrogens with zero attached hydrogens (tertiary/aromatic N) is 3. The predicted octanol–water partition coefficient (Wildman–Crippen LogP) is 1.54. The second-order valence-electron chi connectivity index (χ2n) is 4.04. The summed E-state index contributed by atoms with van der Waals surface area (Å²) in [5.74, 6) is 0.997. The maximum atomic E-state index is 5.43. The lowest BCUT2D eigenvalue weighted by atomic mass is 10.4. The molecule has 0 saturated heterocycles. The second-order valence-corrected chi connectivity index (χ2v) is 4.04. The summed E-state index contributed by atoms with van der Waals surface area (Å²) in [4.78, 5) is 12.5. The Hall–Kier alpha value is -1.63. The minimum absolute atomic E-state index is 0.0970. The highest BCUT2D eigenvalue weighted by atomic mass is 16.5. The van der Waals surface area contributed by atoms with Crippen molar-refractivity contribution < 1.29 is 9.47 Å². The SMILES string of the molecule is CCCNc1nc(NCC(C)OCC)nc(OC)n1. The lowest BCUT2D eigenvalue weighted by Gasteiger charge is -2.13. The van der Waals surface area contributed by atoms with Crippen LogP contribution in [0.3, 0.4) is 0 Å². The molecule has 0 aliphatic heterocycles. The largest absolute Gasteiger partial charge is 0.467 e. The molecule has 108 valence electrons. The van der Waals surface area contributed by atoms with Gasteiger partial charge < -0.3 is 20.1 Å². The van der Waals surface area contributed by atoms with Gasteiger partial charge in [-0.15, -0.1) is 0 Å². The maximum absolute atomic E-state index is 5.43. The molecule has 0 amide bonds. The standard InChI is InChI=1S/C12H23N5O2/c1-5-7-13-10-15-11(17-12(16-10)18-4)14-8-9(3)19-6-2/h9H,5-8H2,1-4H3,(H2,13,14,15,16,17). The van der Waals surface area contributed by atoms with Crippen LogP contribution in [0.25, 0.3) is 0 Å². The zero-order valence-electron chi connectivity index (χ0n) is 12.1.